The van der Waals surface area contributed by atoms with Crippen molar-refractivity contribution in [2.24, 2.45) is 10.8 Å². The topological polar surface area (TPSA) is 158 Å². The first kappa shape index (κ1) is 53.3. The number of anilines is 2. The van der Waals surface area contributed by atoms with Gasteiger partial charge < -0.3 is 39.7 Å². The third kappa shape index (κ3) is 12.5. The maximum atomic E-state index is 14.0. The van der Waals surface area contributed by atoms with Crippen LogP contribution in [0, 0.1) is 10.8 Å². The summed E-state index contributed by atoms with van der Waals surface area (Å²) in [4.78, 5) is 84.9. The van der Waals surface area contributed by atoms with Gasteiger partial charge in [0.05, 0.1) is 19.8 Å². The second kappa shape index (κ2) is 23.1. The Morgan fingerprint density at radius 3 is 1.43 bits per heavy atom. The normalized spacial score (nSPS) is 18.1. The average molecular weight is 994 g/mol. The predicted molar refractivity (Wildman–Crippen MR) is 267 cm³/mol. The van der Waals surface area contributed by atoms with Crippen molar-refractivity contribution < 1.29 is 38.2 Å². The molecule has 2 heterocycles. The summed E-state index contributed by atoms with van der Waals surface area (Å²) in [5.74, 6) is 0.0423. The quantitative estimate of drug-likeness (QED) is 0.201. The zero-order chi connectivity index (χ0) is 49.4. The van der Waals surface area contributed by atoms with Crippen molar-refractivity contribution in [3.05, 3.63) is 56.6 Å². The number of nitrogens with zero attached hydrogens (tertiary/aromatic N) is 4. The van der Waals surface area contributed by atoms with Crippen LogP contribution < -0.4 is 20.4 Å². The van der Waals surface area contributed by atoms with E-state index in [-0.39, 0.29) is 60.9 Å². The van der Waals surface area contributed by atoms with Crippen LogP contribution >= 0.6 is 15.9 Å². The molecule has 2 N–H and O–H groups in total. The van der Waals surface area contributed by atoms with Gasteiger partial charge in [-0.25, -0.2) is 9.59 Å². The number of carbonyl (C=O) groups excluding carboxylic acids is 6. The SMILES string of the molecule is CCc1cc2c(cc1C(=O)N(C(C)C)C1CCCCC1)N(CCNC(=O)OC)C(=O)C(C)(C)C2.COC(=O)NCCN1C(=O)C(C)(C)Cc2cc(Br)c(C(=O)N(C(C)C)C3CCCCC3)cc21. The summed E-state index contributed by atoms with van der Waals surface area (Å²) in [6.07, 6.45) is 12.2. The molecule has 0 radical (unpaired) electrons. The van der Waals surface area contributed by atoms with Gasteiger partial charge in [0.1, 0.15) is 0 Å². The predicted octanol–water partition coefficient (Wildman–Crippen LogP) is 9.61. The van der Waals surface area contributed by atoms with Crippen LogP contribution in [0.2, 0.25) is 0 Å². The van der Waals surface area contributed by atoms with Gasteiger partial charge >= 0.3 is 12.2 Å². The number of rotatable bonds is 13. The van der Waals surface area contributed by atoms with Crippen LogP contribution in [0.3, 0.4) is 0 Å². The Kier molecular flexibility index (Phi) is 18.4. The molecule has 0 atom stereocenters. The number of ether oxygens (including phenoxy) is 2. The van der Waals surface area contributed by atoms with Crippen LogP contribution in [0.15, 0.2) is 28.7 Å². The van der Waals surface area contributed by atoms with Crippen LogP contribution in [0.5, 0.6) is 0 Å². The number of hydrogen-bond acceptors (Lipinski definition) is 8. The Balaban J connectivity index is 0.000000251. The van der Waals surface area contributed by atoms with E-state index in [0.717, 1.165) is 90.3 Å². The van der Waals surface area contributed by atoms with Crippen LogP contribution in [-0.4, -0.2) is 110 Å². The van der Waals surface area contributed by atoms with E-state index in [2.05, 4.69) is 81.6 Å². The maximum Gasteiger partial charge on any atom is 0.406 e. The summed E-state index contributed by atoms with van der Waals surface area (Å²) in [6.45, 7) is 19.3. The Morgan fingerprint density at radius 2 is 1.04 bits per heavy atom. The molecule has 0 spiro atoms. The fourth-order valence-corrected chi connectivity index (χ4v) is 11.1. The molecular weight excluding hydrogens is 917 g/mol. The highest BCUT2D eigenvalue weighted by molar-refractivity contribution is 9.10. The van der Waals surface area contributed by atoms with Gasteiger partial charge in [-0.1, -0.05) is 79.2 Å². The number of alkyl carbamates (subject to hydrolysis) is 2. The van der Waals surface area contributed by atoms with Crippen LogP contribution in [0.25, 0.3) is 0 Å². The fourth-order valence-electron chi connectivity index (χ4n) is 10.5. The first-order valence-electron chi connectivity index (χ1n) is 24.6. The van der Waals surface area contributed by atoms with Crippen molar-refractivity contribution >= 4 is 63.1 Å². The largest absolute Gasteiger partial charge is 0.453 e. The summed E-state index contributed by atoms with van der Waals surface area (Å²) in [6, 6.07) is 8.60. The van der Waals surface area contributed by atoms with Crippen LogP contribution in [0.4, 0.5) is 21.0 Å². The number of nitrogens with one attached hydrogen (secondary N) is 2. The molecule has 0 unspecified atom stereocenters. The first-order chi connectivity index (χ1) is 31.7. The van der Waals surface area contributed by atoms with E-state index < -0.39 is 23.0 Å². The number of carbonyl (C=O) groups is 6. The van der Waals surface area contributed by atoms with Crippen molar-refractivity contribution in [1.29, 1.82) is 0 Å². The summed E-state index contributed by atoms with van der Waals surface area (Å²) >= 11 is 3.65. The second-order valence-electron chi connectivity index (χ2n) is 20.5. The van der Waals surface area contributed by atoms with E-state index in [1.165, 1.54) is 27.1 Å². The standard InChI is InChI=1S/C27H41N3O4.C25H36BrN3O4/c1-7-19-15-20-17-27(4,5)25(32)29(14-13-28-26(33)34-6)23(20)16-22(19)24(31)30(18(2)3)21-11-9-8-10-12-21;1-16(2)29(18-9-7-6-8-10-18)22(30)19-14-21-17(13-20(19)26)15-25(3,4)23(31)28(21)12-11-27-24(32)33-5/h15-16,18,21H,7-14,17H2,1-6H3,(H,28,33);13-14,16,18H,6-12,15H2,1-5H3,(H,27,32). The molecule has 370 valence electrons. The molecule has 67 heavy (non-hydrogen) atoms. The number of fused-ring (bicyclic) bond motifs is 2. The summed E-state index contributed by atoms with van der Waals surface area (Å²) in [7, 11) is 2.62. The Labute approximate surface area is 407 Å². The van der Waals surface area contributed by atoms with E-state index in [1.54, 1.807) is 9.80 Å². The van der Waals surface area contributed by atoms with E-state index in [9.17, 15) is 28.8 Å². The minimum absolute atomic E-state index is 0.00214. The smallest absolute Gasteiger partial charge is 0.406 e. The number of aryl methyl sites for hydroxylation is 1. The van der Waals surface area contributed by atoms with Gasteiger partial charge in [-0.15, -0.1) is 0 Å². The minimum atomic E-state index is -0.574. The Bertz CT molecular complexity index is 2130. The molecule has 0 saturated heterocycles. The maximum absolute atomic E-state index is 14.0. The zero-order valence-corrected chi connectivity index (χ0v) is 43.7. The number of hydrogen-bond donors (Lipinski definition) is 2. The van der Waals surface area contributed by atoms with E-state index >= 15 is 0 Å². The number of amides is 6. The highest BCUT2D eigenvalue weighted by Crippen LogP contribution is 2.42. The van der Waals surface area contributed by atoms with E-state index in [1.807, 2.05) is 50.8 Å². The molecule has 2 fully saturated rings. The lowest BCUT2D eigenvalue weighted by molar-refractivity contribution is -0.127. The average Bonchev–Trinajstić information content (AvgIpc) is 3.28. The zero-order valence-electron chi connectivity index (χ0n) is 42.1. The van der Waals surface area contributed by atoms with E-state index in [4.69, 9.17) is 0 Å². The summed E-state index contributed by atoms with van der Waals surface area (Å²) in [5, 5.41) is 5.31. The highest BCUT2D eigenvalue weighted by atomic mass is 79.9. The van der Waals surface area contributed by atoms with Gasteiger partial charge in [0.2, 0.25) is 11.8 Å². The lowest BCUT2D eigenvalue weighted by atomic mass is 9.79. The third-order valence-corrected chi connectivity index (χ3v) is 14.6. The molecule has 6 rings (SSSR count). The molecule has 4 aliphatic rings. The van der Waals surface area contributed by atoms with Crippen molar-refractivity contribution in [3.8, 4) is 0 Å². The Hall–Kier alpha value is -4.66. The molecule has 0 bridgehead atoms. The molecule has 2 aromatic carbocycles. The fraction of sp³-hybridized carbons (Fsp3) is 0.654. The number of methoxy groups -OCH3 is 2. The van der Waals surface area contributed by atoms with Gasteiger partial charge in [0.25, 0.3) is 11.8 Å². The lowest BCUT2D eigenvalue weighted by Gasteiger charge is -2.40. The molecule has 6 amide bonds. The summed E-state index contributed by atoms with van der Waals surface area (Å²) < 4.78 is 10.1. The van der Waals surface area contributed by atoms with Gasteiger partial charge in [-0.05, 0) is 123 Å². The Morgan fingerprint density at radius 1 is 0.657 bits per heavy atom. The van der Waals surface area contributed by atoms with Gasteiger partial charge in [0, 0.05) is 82.6 Å². The van der Waals surface area contributed by atoms with Gasteiger partial charge in [-0.3, -0.25) is 19.2 Å². The van der Waals surface area contributed by atoms with Crippen LogP contribution in [0.1, 0.15) is 164 Å². The second-order valence-corrected chi connectivity index (χ2v) is 21.4. The molecule has 2 aliphatic carbocycles. The molecular formula is C52H77BrN6O8. The molecule has 2 aliphatic heterocycles. The molecule has 2 aromatic rings. The van der Waals surface area contributed by atoms with Crippen molar-refractivity contribution in [2.75, 3.05) is 50.2 Å². The monoisotopic (exact) mass is 992 g/mol. The van der Waals surface area contributed by atoms with Crippen molar-refractivity contribution in [1.82, 2.24) is 20.4 Å². The lowest BCUT2D eigenvalue weighted by Crippen LogP contribution is -2.49. The number of benzene rings is 2. The van der Waals surface area contributed by atoms with Crippen molar-refractivity contribution in [2.45, 2.75) is 170 Å². The van der Waals surface area contributed by atoms with Crippen LogP contribution in [-0.2, 0) is 38.3 Å². The summed E-state index contributed by atoms with van der Waals surface area (Å²) in [5.41, 5.74) is 4.78. The minimum Gasteiger partial charge on any atom is -0.453 e. The van der Waals surface area contributed by atoms with Gasteiger partial charge in [-0.2, -0.15) is 0 Å². The van der Waals surface area contributed by atoms with E-state index in [0.29, 0.717) is 37.1 Å². The third-order valence-electron chi connectivity index (χ3n) is 13.9. The molecule has 15 heteroatoms. The number of halogens is 1. The van der Waals surface area contributed by atoms with Crippen molar-refractivity contribution in [3.63, 3.8) is 0 Å². The highest BCUT2D eigenvalue weighted by Gasteiger charge is 2.42. The molecule has 0 aromatic heterocycles. The molecule has 14 nitrogen and oxygen atoms in total. The first-order valence-corrected chi connectivity index (χ1v) is 25.4. The van der Waals surface area contributed by atoms with Gasteiger partial charge in [0.15, 0.2) is 0 Å². The molecule has 2 saturated carbocycles.